The maximum absolute atomic E-state index is 12.9. The monoisotopic (exact) mass is 446 g/mol. The van der Waals surface area contributed by atoms with Crippen LogP contribution in [0.3, 0.4) is 0 Å². The summed E-state index contributed by atoms with van der Waals surface area (Å²) >= 11 is 5.10. The summed E-state index contributed by atoms with van der Waals surface area (Å²) in [4.78, 5) is 4.66. The standard InChI is InChI=1S/C21H20BrFN2OS/c22-16-4-2-15(3-5-16)21(10-1-11-21)24-12-18-14-27-20(25-18)13-26-19-8-6-17(23)7-9-19/h2-9,14,24H,1,10-13H2. The molecular weight excluding hydrogens is 427 g/mol. The molecule has 3 nitrogen and oxygen atoms in total. The smallest absolute Gasteiger partial charge is 0.140 e. The van der Waals surface area contributed by atoms with Crippen LogP contribution in [-0.2, 0) is 18.7 Å². The number of thiazole rings is 1. The third kappa shape index (κ3) is 4.39. The van der Waals surface area contributed by atoms with Crippen molar-refractivity contribution in [2.45, 2.75) is 38.0 Å². The molecule has 1 aromatic heterocycles. The molecule has 1 saturated carbocycles. The predicted molar refractivity (Wildman–Crippen MR) is 109 cm³/mol. The van der Waals surface area contributed by atoms with Crippen LogP contribution in [-0.4, -0.2) is 4.98 Å². The molecule has 1 fully saturated rings. The van der Waals surface area contributed by atoms with Crippen molar-refractivity contribution in [2.75, 3.05) is 0 Å². The first-order valence-electron chi connectivity index (χ1n) is 8.96. The van der Waals surface area contributed by atoms with E-state index in [4.69, 9.17) is 4.74 Å². The summed E-state index contributed by atoms with van der Waals surface area (Å²) in [6.45, 7) is 1.14. The highest BCUT2D eigenvalue weighted by atomic mass is 79.9. The SMILES string of the molecule is Fc1ccc(OCc2nc(CNC3(c4ccc(Br)cc4)CCC3)cs2)cc1. The number of rotatable bonds is 7. The Hall–Kier alpha value is -1.76. The van der Waals surface area contributed by atoms with E-state index >= 15 is 0 Å². The minimum atomic E-state index is -0.263. The first kappa shape index (κ1) is 18.6. The van der Waals surface area contributed by atoms with Gasteiger partial charge < -0.3 is 10.1 Å². The van der Waals surface area contributed by atoms with Crippen molar-refractivity contribution >= 4 is 27.3 Å². The molecule has 140 valence electrons. The lowest BCUT2D eigenvalue weighted by Crippen LogP contribution is -2.47. The summed E-state index contributed by atoms with van der Waals surface area (Å²) < 4.78 is 19.7. The fraction of sp³-hybridized carbons (Fsp3) is 0.286. The van der Waals surface area contributed by atoms with Crippen molar-refractivity contribution in [3.63, 3.8) is 0 Å². The summed E-state index contributed by atoms with van der Waals surface area (Å²) in [5.41, 5.74) is 2.43. The molecule has 1 aliphatic rings. The van der Waals surface area contributed by atoms with Crippen LogP contribution in [0.1, 0.15) is 35.5 Å². The lowest BCUT2D eigenvalue weighted by molar-refractivity contribution is 0.183. The van der Waals surface area contributed by atoms with E-state index in [2.05, 4.69) is 55.9 Å². The molecule has 0 bridgehead atoms. The fourth-order valence-corrected chi connectivity index (χ4v) is 4.27. The second kappa shape index (κ2) is 8.09. The summed E-state index contributed by atoms with van der Waals surface area (Å²) in [5, 5.41) is 6.72. The average molecular weight is 447 g/mol. The molecule has 3 aromatic rings. The largest absolute Gasteiger partial charge is 0.486 e. The quantitative estimate of drug-likeness (QED) is 0.498. The van der Waals surface area contributed by atoms with Crippen LogP contribution in [0.4, 0.5) is 4.39 Å². The second-order valence-corrected chi connectivity index (χ2v) is 8.63. The van der Waals surface area contributed by atoms with Gasteiger partial charge in [0.2, 0.25) is 0 Å². The van der Waals surface area contributed by atoms with E-state index in [1.165, 1.54) is 24.1 Å². The third-order valence-corrected chi connectivity index (χ3v) is 6.39. The predicted octanol–water partition coefficient (Wildman–Crippen LogP) is 5.79. The summed E-state index contributed by atoms with van der Waals surface area (Å²) in [5.74, 6) is 0.385. The van der Waals surface area contributed by atoms with Gasteiger partial charge in [-0.3, -0.25) is 0 Å². The minimum Gasteiger partial charge on any atom is -0.486 e. The van der Waals surface area contributed by atoms with Crippen molar-refractivity contribution in [3.05, 3.63) is 80.5 Å². The van der Waals surface area contributed by atoms with Gasteiger partial charge in [0, 0.05) is 21.9 Å². The molecule has 0 unspecified atom stereocenters. The maximum atomic E-state index is 12.9. The van der Waals surface area contributed by atoms with Gasteiger partial charge in [-0.15, -0.1) is 11.3 Å². The summed E-state index contributed by atoms with van der Waals surface area (Å²) in [7, 11) is 0. The Kier molecular flexibility index (Phi) is 5.57. The van der Waals surface area contributed by atoms with E-state index < -0.39 is 0 Å². The highest BCUT2D eigenvalue weighted by Gasteiger charge is 2.38. The molecule has 0 spiro atoms. The maximum Gasteiger partial charge on any atom is 0.140 e. The van der Waals surface area contributed by atoms with Gasteiger partial charge in [0.25, 0.3) is 0 Å². The van der Waals surface area contributed by atoms with Crippen molar-refractivity contribution < 1.29 is 9.13 Å². The molecule has 2 aromatic carbocycles. The number of nitrogens with one attached hydrogen (secondary N) is 1. The molecule has 0 aliphatic heterocycles. The van der Waals surface area contributed by atoms with Crippen molar-refractivity contribution in [2.24, 2.45) is 0 Å². The molecule has 27 heavy (non-hydrogen) atoms. The van der Waals surface area contributed by atoms with Gasteiger partial charge in [-0.2, -0.15) is 0 Å². The molecule has 6 heteroatoms. The van der Waals surface area contributed by atoms with Gasteiger partial charge in [-0.05, 0) is 61.2 Å². The van der Waals surface area contributed by atoms with Gasteiger partial charge in [0.1, 0.15) is 23.2 Å². The normalized spacial score (nSPS) is 15.3. The fourth-order valence-electron chi connectivity index (χ4n) is 3.30. The molecule has 1 heterocycles. The van der Waals surface area contributed by atoms with Crippen LogP contribution >= 0.6 is 27.3 Å². The molecule has 0 amide bonds. The van der Waals surface area contributed by atoms with Gasteiger partial charge in [0.15, 0.2) is 0 Å². The topological polar surface area (TPSA) is 34.1 Å². The highest BCUT2D eigenvalue weighted by molar-refractivity contribution is 9.10. The van der Waals surface area contributed by atoms with Crippen LogP contribution in [0.2, 0.25) is 0 Å². The van der Waals surface area contributed by atoms with Crippen LogP contribution < -0.4 is 10.1 Å². The lowest BCUT2D eigenvalue weighted by Gasteiger charge is -2.43. The molecule has 4 rings (SSSR count). The number of ether oxygens (including phenoxy) is 1. The van der Waals surface area contributed by atoms with Gasteiger partial charge in [-0.1, -0.05) is 28.1 Å². The van der Waals surface area contributed by atoms with Gasteiger partial charge in [0.05, 0.1) is 5.69 Å². The van der Waals surface area contributed by atoms with Gasteiger partial charge >= 0.3 is 0 Å². The number of aromatic nitrogens is 1. The number of benzene rings is 2. The Balaban J connectivity index is 1.35. The first-order chi connectivity index (χ1) is 13.1. The van der Waals surface area contributed by atoms with E-state index in [0.29, 0.717) is 12.4 Å². The van der Waals surface area contributed by atoms with Gasteiger partial charge in [-0.25, -0.2) is 9.37 Å². The van der Waals surface area contributed by atoms with E-state index in [1.807, 2.05) is 0 Å². The van der Waals surface area contributed by atoms with Crippen molar-refractivity contribution in [1.29, 1.82) is 0 Å². The van der Waals surface area contributed by atoms with E-state index in [9.17, 15) is 4.39 Å². The first-order valence-corrected chi connectivity index (χ1v) is 10.6. The highest BCUT2D eigenvalue weighted by Crippen LogP contribution is 2.41. The molecule has 1 aliphatic carbocycles. The number of hydrogen-bond donors (Lipinski definition) is 1. The second-order valence-electron chi connectivity index (χ2n) is 6.77. The molecule has 0 saturated heterocycles. The Morgan fingerprint density at radius 1 is 1.11 bits per heavy atom. The number of halogens is 2. The third-order valence-electron chi connectivity index (χ3n) is 4.99. The minimum absolute atomic E-state index is 0.0646. The summed E-state index contributed by atoms with van der Waals surface area (Å²) in [6.07, 6.45) is 3.55. The van der Waals surface area contributed by atoms with Crippen LogP contribution in [0.25, 0.3) is 0 Å². The van der Waals surface area contributed by atoms with E-state index in [0.717, 1.165) is 34.6 Å². The number of nitrogens with zero attached hydrogens (tertiary/aromatic N) is 1. The van der Waals surface area contributed by atoms with Crippen LogP contribution in [0.15, 0.2) is 58.4 Å². The molecule has 0 radical (unpaired) electrons. The molecule has 1 N–H and O–H groups in total. The average Bonchev–Trinajstić information content (AvgIpc) is 3.10. The Labute approximate surface area is 170 Å². The Morgan fingerprint density at radius 3 is 2.52 bits per heavy atom. The zero-order valence-electron chi connectivity index (χ0n) is 14.8. The zero-order chi connectivity index (χ0) is 18.7. The molecule has 0 atom stereocenters. The Bertz CT molecular complexity index is 891. The van der Waals surface area contributed by atoms with E-state index in [1.54, 1.807) is 23.5 Å². The summed E-state index contributed by atoms with van der Waals surface area (Å²) in [6, 6.07) is 14.6. The Morgan fingerprint density at radius 2 is 1.85 bits per heavy atom. The number of hydrogen-bond acceptors (Lipinski definition) is 4. The zero-order valence-corrected chi connectivity index (χ0v) is 17.2. The molecular formula is C21H20BrFN2OS. The van der Waals surface area contributed by atoms with E-state index in [-0.39, 0.29) is 11.4 Å². The lowest BCUT2D eigenvalue weighted by atomic mass is 9.72. The van der Waals surface area contributed by atoms with Crippen LogP contribution in [0, 0.1) is 5.82 Å². The van der Waals surface area contributed by atoms with Crippen molar-refractivity contribution in [3.8, 4) is 5.75 Å². The van der Waals surface area contributed by atoms with Crippen molar-refractivity contribution in [1.82, 2.24) is 10.3 Å². The van der Waals surface area contributed by atoms with Crippen LogP contribution in [0.5, 0.6) is 5.75 Å².